The van der Waals surface area contributed by atoms with Gasteiger partial charge in [0.2, 0.25) is 0 Å². The number of hydrogen-bond acceptors (Lipinski definition) is 4. The molecule has 1 heterocycles. The maximum absolute atomic E-state index is 10.5. The Bertz CT molecular complexity index is 282. The zero-order chi connectivity index (χ0) is 8.43. The monoisotopic (exact) mass is 172 g/mol. The van der Waals surface area contributed by atoms with Gasteiger partial charge < -0.3 is 10.4 Å². The van der Waals surface area contributed by atoms with Crippen molar-refractivity contribution in [1.29, 1.82) is 0 Å². The molecule has 2 N–H and O–H groups in total. The number of rotatable bonds is 2. The van der Waals surface area contributed by atoms with Crippen molar-refractivity contribution in [2.75, 3.05) is 12.4 Å². The van der Waals surface area contributed by atoms with Gasteiger partial charge in [0, 0.05) is 11.9 Å². The molecule has 0 saturated carbocycles. The Morgan fingerprint density at radius 1 is 1.73 bits per heavy atom. The fourth-order valence-electron chi connectivity index (χ4n) is 0.702. The molecule has 4 nitrogen and oxygen atoms in total. The highest BCUT2D eigenvalue weighted by atomic mass is 32.1. The summed E-state index contributed by atoms with van der Waals surface area (Å²) in [4.78, 5) is 15.0. The molecular formula is C6H8N2O2S. The van der Waals surface area contributed by atoms with E-state index in [4.69, 9.17) is 5.11 Å². The number of carboxylic acids is 1. The summed E-state index contributed by atoms with van der Waals surface area (Å²) in [5, 5.41) is 12.0. The van der Waals surface area contributed by atoms with E-state index >= 15 is 0 Å². The first-order valence-electron chi connectivity index (χ1n) is 3.03. The van der Waals surface area contributed by atoms with Gasteiger partial charge >= 0.3 is 5.97 Å². The molecule has 0 aliphatic rings. The molecule has 1 aromatic rings. The van der Waals surface area contributed by atoms with Crippen LogP contribution in [0.4, 0.5) is 5.13 Å². The summed E-state index contributed by atoms with van der Waals surface area (Å²) in [6.07, 6.45) is 0. The fraction of sp³-hybridized carbons (Fsp3) is 0.333. The standard InChI is InChI=1S/C6H8N2O2S/c1-3-4(5(9)10)8-6(7-2)11-3/h1-2H3,(H,7,8)(H,9,10). The lowest BCUT2D eigenvalue weighted by Crippen LogP contribution is -1.98. The summed E-state index contributed by atoms with van der Waals surface area (Å²) < 4.78 is 0. The average molecular weight is 172 g/mol. The van der Waals surface area contributed by atoms with Crippen molar-refractivity contribution in [3.05, 3.63) is 10.6 Å². The summed E-state index contributed by atoms with van der Waals surface area (Å²) in [6, 6.07) is 0. The Morgan fingerprint density at radius 2 is 2.36 bits per heavy atom. The molecular weight excluding hydrogens is 164 g/mol. The first-order chi connectivity index (χ1) is 5.15. The number of aromatic nitrogens is 1. The van der Waals surface area contributed by atoms with Gasteiger partial charge in [0.15, 0.2) is 10.8 Å². The van der Waals surface area contributed by atoms with Crippen LogP contribution in [0.5, 0.6) is 0 Å². The maximum atomic E-state index is 10.5. The highest BCUT2D eigenvalue weighted by Gasteiger charge is 2.12. The van der Waals surface area contributed by atoms with Crippen molar-refractivity contribution >= 4 is 22.4 Å². The van der Waals surface area contributed by atoms with E-state index in [1.165, 1.54) is 11.3 Å². The van der Waals surface area contributed by atoms with Crippen LogP contribution >= 0.6 is 11.3 Å². The molecule has 0 bridgehead atoms. The van der Waals surface area contributed by atoms with E-state index in [2.05, 4.69) is 10.3 Å². The van der Waals surface area contributed by atoms with Gasteiger partial charge in [-0.05, 0) is 6.92 Å². The number of nitrogens with zero attached hydrogens (tertiary/aromatic N) is 1. The third-order valence-corrected chi connectivity index (χ3v) is 2.20. The average Bonchev–Trinajstić information content (AvgIpc) is 2.30. The predicted molar refractivity (Wildman–Crippen MR) is 43.4 cm³/mol. The number of nitrogens with one attached hydrogen (secondary N) is 1. The van der Waals surface area contributed by atoms with E-state index in [0.717, 1.165) is 4.88 Å². The SMILES string of the molecule is CNc1nc(C(=O)O)c(C)s1. The molecule has 0 fully saturated rings. The number of carbonyl (C=O) groups is 1. The lowest BCUT2D eigenvalue weighted by atomic mass is 10.4. The van der Waals surface area contributed by atoms with Crippen LogP contribution in [0, 0.1) is 6.92 Å². The second-order valence-electron chi connectivity index (χ2n) is 1.98. The third-order valence-electron chi connectivity index (χ3n) is 1.21. The number of hydrogen-bond donors (Lipinski definition) is 2. The van der Waals surface area contributed by atoms with Gasteiger partial charge in [-0.1, -0.05) is 0 Å². The van der Waals surface area contributed by atoms with Crippen molar-refractivity contribution in [3.63, 3.8) is 0 Å². The van der Waals surface area contributed by atoms with Crippen LogP contribution in [0.25, 0.3) is 0 Å². The summed E-state index contributed by atoms with van der Waals surface area (Å²) in [5.74, 6) is -0.972. The van der Waals surface area contributed by atoms with Gasteiger partial charge in [-0.15, -0.1) is 11.3 Å². The van der Waals surface area contributed by atoms with Crippen LogP contribution in [-0.4, -0.2) is 23.1 Å². The molecule has 11 heavy (non-hydrogen) atoms. The predicted octanol–water partition coefficient (Wildman–Crippen LogP) is 1.19. The molecule has 0 unspecified atom stereocenters. The van der Waals surface area contributed by atoms with Crippen LogP contribution in [0.15, 0.2) is 0 Å². The number of aryl methyl sites for hydroxylation is 1. The quantitative estimate of drug-likeness (QED) is 0.703. The highest BCUT2D eigenvalue weighted by Crippen LogP contribution is 2.20. The van der Waals surface area contributed by atoms with Crippen LogP contribution in [-0.2, 0) is 0 Å². The van der Waals surface area contributed by atoms with Crippen LogP contribution in [0.3, 0.4) is 0 Å². The smallest absolute Gasteiger partial charge is 0.355 e. The number of anilines is 1. The van der Waals surface area contributed by atoms with Crippen LogP contribution in [0.2, 0.25) is 0 Å². The molecule has 0 saturated heterocycles. The second-order valence-corrected chi connectivity index (χ2v) is 3.18. The van der Waals surface area contributed by atoms with E-state index < -0.39 is 5.97 Å². The Kier molecular flexibility index (Phi) is 2.09. The van der Waals surface area contributed by atoms with E-state index in [1.807, 2.05) is 0 Å². The van der Waals surface area contributed by atoms with Crippen molar-refractivity contribution in [3.8, 4) is 0 Å². The Morgan fingerprint density at radius 3 is 2.64 bits per heavy atom. The van der Waals surface area contributed by atoms with E-state index in [1.54, 1.807) is 14.0 Å². The Hall–Kier alpha value is -1.10. The van der Waals surface area contributed by atoms with Gasteiger partial charge in [0.25, 0.3) is 0 Å². The molecule has 60 valence electrons. The molecule has 0 spiro atoms. The minimum absolute atomic E-state index is 0.138. The lowest BCUT2D eigenvalue weighted by Gasteiger charge is -1.86. The van der Waals surface area contributed by atoms with Crippen LogP contribution in [0.1, 0.15) is 15.4 Å². The van der Waals surface area contributed by atoms with Crippen molar-refractivity contribution < 1.29 is 9.90 Å². The molecule has 5 heteroatoms. The molecule has 0 aliphatic carbocycles. The van der Waals surface area contributed by atoms with E-state index in [0.29, 0.717) is 5.13 Å². The summed E-state index contributed by atoms with van der Waals surface area (Å²) in [6.45, 7) is 1.74. The Labute approximate surface area is 67.9 Å². The van der Waals surface area contributed by atoms with Gasteiger partial charge in [0.05, 0.1) is 0 Å². The summed E-state index contributed by atoms with van der Waals surface area (Å²) >= 11 is 1.34. The third kappa shape index (κ3) is 1.48. The Balaban J connectivity index is 3.07. The van der Waals surface area contributed by atoms with E-state index in [9.17, 15) is 4.79 Å². The molecule has 0 aromatic carbocycles. The number of thiazole rings is 1. The van der Waals surface area contributed by atoms with Crippen molar-refractivity contribution in [2.45, 2.75) is 6.92 Å². The first kappa shape index (κ1) is 8.00. The minimum atomic E-state index is -0.972. The normalized spacial score (nSPS) is 9.64. The molecule has 1 aromatic heterocycles. The first-order valence-corrected chi connectivity index (χ1v) is 3.85. The number of aromatic carboxylic acids is 1. The second kappa shape index (κ2) is 2.87. The molecule has 0 atom stereocenters. The topological polar surface area (TPSA) is 62.2 Å². The highest BCUT2D eigenvalue weighted by molar-refractivity contribution is 7.15. The number of carboxylic acid groups (broad SMARTS) is 1. The van der Waals surface area contributed by atoms with Crippen LogP contribution < -0.4 is 5.32 Å². The largest absolute Gasteiger partial charge is 0.476 e. The van der Waals surface area contributed by atoms with Gasteiger partial charge in [-0.25, -0.2) is 9.78 Å². The summed E-state index contributed by atoms with van der Waals surface area (Å²) in [5.41, 5.74) is 0.138. The van der Waals surface area contributed by atoms with Crippen molar-refractivity contribution in [1.82, 2.24) is 4.98 Å². The lowest BCUT2D eigenvalue weighted by molar-refractivity contribution is 0.0691. The minimum Gasteiger partial charge on any atom is -0.476 e. The van der Waals surface area contributed by atoms with Crippen molar-refractivity contribution in [2.24, 2.45) is 0 Å². The molecule has 0 aliphatic heterocycles. The molecule has 0 radical (unpaired) electrons. The summed E-state index contributed by atoms with van der Waals surface area (Å²) in [7, 11) is 1.71. The zero-order valence-electron chi connectivity index (χ0n) is 6.21. The fourth-order valence-corrected chi connectivity index (χ4v) is 1.46. The van der Waals surface area contributed by atoms with E-state index in [-0.39, 0.29) is 5.69 Å². The zero-order valence-corrected chi connectivity index (χ0v) is 7.03. The maximum Gasteiger partial charge on any atom is 0.355 e. The molecule has 1 rings (SSSR count). The van der Waals surface area contributed by atoms with Gasteiger partial charge in [0.1, 0.15) is 0 Å². The molecule has 0 amide bonds. The van der Waals surface area contributed by atoms with Gasteiger partial charge in [-0.3, -0.25) is 0 Å². The van der Waals surface area contributed by atoms with Gasteiger partial charge in [-0.2, -0.15) is 0 Å².